The van der Waals surface area contributed by atoms with E-state index in [1.807, 2.05) is 0 Å². The van der Waals surface area contributed by atoms with E-state index in [0.717, 1.165) is 5.56 Å². The van der Waals surface area contributed by atoms with Crippen LogP contribution in [0.3, 0.4) is 0 Å². The molecular formula is C11H14N6O. The standard InChI is InChI=1S/C11H14N6O/c1-18-10-3-2-9(16-17-10)11(15-13)7-6-14-5-4-8(7)12/h2-6,11,15H,13H2,1H3,(H2,12,14). The Balaban J connectivity index is 2.36. The van der Waals surface area contributed by atoms with Gasteiger partial charge in [0.25, 0.3) is 0 Å². The first-order valence-electron chi connectivity index (χ1n) is 5.29. The molecule has 2 heterocycles. The van der Waals surface area contributed by atoms with Gasteiger partial charge in [-0.15, -0.1) is 10.2 Å². The van der Waals surface area contributed by atoms with Crippen molar-refractivity contribution >= 4 is 5.69 Å². The molecule has 2 aromatic heterocycles. The summed E-state index contributed by atoms with van der Waals surface area (Å²) in [6.45, 7) is 0. The van der Waals surface area contributed by atoms with Crippen LogP contribution in [-0.4, -0.2) is 22.3 Å². The summed E-state index contributed by atoms with van der Waals surface area (Å²) in [6.07, 6.45) is 3.26. The molecule has 0 spiro atoms. The third-order valence-electron chi connectivity index (χ3n) is 2.53. The Kier molecular flexibility index (Phi) is 3.66. The van der Waals surface area contributed by atoms with Gasteiger partial charge in [0, 0.05) is 29.7 Å². The van der Waals surface area contributed by atoms with E-state index >= 15 is 0 Å². The molecule has 0 amide bonds. The van der Waals surface area contributed by atoms with Crippen molar-refractivity contribution in [1.82, 2.24) is 20.6 Å². The highest BCUT2D eigenvalue weighted by Crippen LogP contribution is 2.23. The number of methoxy groups -OCH3 is 1. The molecule has 7 heteroatoms. The summed E-state index contributed by atoms with van der Waals surface area (Å²) in [5, 5.41) is 7.93. The number of pyridine rings is 1. The Morgan fingerprint density at radius 2 is 2.11 bits per heavy atom. The van der Waals surface area contributed by atoms with Crippen molar-refractivity contribution in [2.45, 2.75) is 6.04 Å². The van der Waals surface area contributed by atoms with Crippen molar-refractivity contribution in [1.29, 1.82) is 0 Å². The van der Waals surface area contributed by atoms with E-state index in [1.165, 1.54) is 7.11 Å². The van der Waals surface area contributed by atoms with Crippen molar-refractivity contribution in [3.8, 4) is 5.88 Å². The first-order chi connectivity index (χ1) is 8.76. The number of hydrogen-bond donors (Lipinski definition) is 3. The van der Waals surface area contributed by atoms with Gasteiger partial charge in [-0.05, 0) is 12.1 Å². The topological polar surface area (TPSA) is 112 Å². The summed E-state index contributed by atoms with van der Waals surface area (Å²) in [7, 11) is 1.53. The molecule has 0 fully saturated rings. The number of nitrogens with one attached hydrogen (secondary N) is 1. The first-order valence-corrected chi connectivity index (χ1v) is 5.29. The highest BCUT2D eigenvalue weighted by Gasteiger charge is 2.17. The highest BCUT2D eigenvalue weighted by molar-refractivity contribution is 5.48. The second-order valence-electron chi connectivity index (χ2n) is 3.60. The first kappa shape index (κ1) is 12.2. The SMILES string of the molecule is COc1ccc(C(NN)c2cnccc2N)nn1. The second-order valence-corrected chi connectivity index (χ2v) is 3.60. The van der Waals surface area contributed by atoms with Crippen LogP contribution in [-0.2, 0) is 0 Å². The van der Waals surface area contributed by atoms with Crippen LogP contribution in [0.2, 0.25) is 0 Å². The fourth-order valence-electron chi connectivity index (χ4n) is 1.59. The average Bonchev–Trinajstić information content (AvgIpc) is 2.42. The number of rotatable bonds is 4. The molecule has 0 aromatic carbocycles. The average molecular weight is 246 g/mol. The van der Waals surface area contributed by atoms with E-state index < -0.39 is 0 Å². The molecule has 0 aliphatic rings. The summed E-state index contributed by atoms with van der Waals surface area (Å²) < 4.78 is 4.95. The zero-order valence-corrected chi connectivity index (χ0v) is 9.87. The van der Waals surface area contributed by atoms with Crippen LogP contribution >= 0.6 is 0 Å². The van der Waals surface area contributed by atoms with E-state index in [2.05, 4.69) is 20.6 Å². The number of aromatic nitrogens is 3. The lowest BCUT2D eigenvalue weighted by Crippen LogP contribution is -2.30. The molecule has 1 atom stereocenters. The minimum atomic E-state index is -0.364. The van der Waals surface area contributed by atoms with Crippen LogP contribution in [0.5, 0.6) is 5.88 Å². The summed E-state index contributed by atoms with van der Waals surface area (Å²) in [5.74, 6) is 5.98. The van der Waals surface area contributed by atoms with Gasteiger partial charge in [-0.2, -0.15) is 0 Å². The normalized spacial score (nSPS) is 12.1. The predicted molar refractivity (Wildman–Crippen MR) is 66.4 cm³/mol. The Bertz CT molecular complexity index is 515. The molecule has 2 aromatic rings. The molecule has 0 aliphatic heterocycles. The van der Waals surface area contributed by atoms with Gasteiger partial charge in [0.05, 0.1) is 18.8 Å². The maximum absolute atomic E-state index is 5.88. The van der Waals surface area contributed by atoms with Gasteiger partial charge in [0.15, 0.2) is 0 Å². The number of nitrogen functional groups attached to an aromatic ring is 1. The van der Waals surface area contributed by atoms with Crippen LogP contribution in [0.1, 0.15) is 17.3 Å². The van der Waals surface area contributed by atoms with E-state index in [-0.39, 0.29) is 6.04 Å². The Hall–Kier alpha value is -2.25. The minimum Gasteiger partial charge on any atom is -0.480 e. The fourth-order valence-corrected chi connectivity index (χ4v) is 1.59. The van der Waals surface area contributed by atoms with Gasteiger partial charge in [-0.25, -0.2) is 5.43 Å². The number of ether oxygens (including phenoxy) is 1. The van der Waals surface area contributed by atoms with Crippen LogP contribution in [0.4, 0.5) is 5.69 Å². The number of hydrogen-bond acceptors (Lipinski definition) is 7. The molecule has 18 heavy (non-hydrogen) atoms. The molecule has 0 bridgehead atoms. The van der Waals surface area contributed by atoms with Gasteiger partial charge in [-0.3, -0.25) is 10.8 Å². The minimum absolute atomic E-state index is 0.364. The monoisotopic (exact) mass is 246 g/mol. The maximum Gasteiger partial charge on any atom is 0.233 e. The lowest BCUT2D eigenvalue weighted by atomic mass is 10.0. The lowest BCUT2D eigenvalue weighted by molar-refractivity contribution is 0.390. The molecule has 0 saturated heterocycles. The molecule has 94 valence electrons. The van der Waals surface area contributed by atoms with Crippen molar-refractivity contribution in [2.24, 2.45) is 5.84 Å². The molecule has 0 saturated carbocycles. The molecular weight excluding hydrogens is 232 g/mol. The Labute approximate surface area is 104 Å². The van der Waals surface area contributed by atoms with E-state index in [0.29, 0.717) is 17.3 Å². The zero-order valence-electron chi connectivity index (χ0n) is 9.87. The van der Waals surface area contributed by atoms with Gasteiger partial charge < -0.3 is 10.5 Å². The predicted octanol–water partition coefficient (Wildman–Crippen LogP) is 0.0151. The number of nitrogens with two attached hydrogens (primary N) is 2. The number of nitrogens with zero attached hydrogens (tertiary/aromatic N) is 3. The number of hydrazine groups is 1. The second kappa shape index (κ2) is 5.39. The van der Waals surface area contributed by atoms with E-state index in [9.17, 15) is 0 Å². The van der Waals surface area contributed by atoms with Gasteiger partial charge >= 0.3 is 0 Å². The van der Waals surface area contributed by atoms with Gasteiger partial charge in [-0.1, -0.05) is 0 Å². The summed E-state index contributed by atoms with van der Waals surface area (Å²) in [5.41, 5.74) is 10.5. The van der Waals surface area contributed by atoms with E-state index in [1.54, 1.807) is 30.6 Å². The Morgan fingerprint density at radius 3 is 2.67 bits per heavy atom. The molecule has 1 unspecified atom stereocenters. The van der Waals surface area contributed by atoms with Crippen LogP contribution in [0.15, 0.2) is 30.6 Å². The molecule has 7 nitrogen and oxygen atoms in total. The quantitative estimate of drug-likeness (QED) is 0.514. The van der Waals surface area contributed by atoms with Crippen LogP contribution < -0.4 is 21.7 Å². The van der Waals surface area contributed by atoms with Crippen molar-refractivity contribution in [3.05, 3.63) is 41.9 Å². The maximum atomic E-state index is 5.88. The van der Waals surface area contributed by atoms with Crippen molar-refractivity contribution in [2.75, 3.05) is 12.8 Å². The summed E-state index contributed by atoms with van der Waals surface area (Å²) in [6, 6.07) is 4.82. The van der Waals surface area contributed by atoms with E-state index in [4.69, 9.17) is 16.3 Å². The zero-order chi connectivity index (χ0) is 13.0. The third-order valence-corrected chi connectivity index (χ3v) is 2.53. The molecule has 0 aliphatic carbocycles. The fraction of sp³-hybridized carbons (Fsp3) is 0.182. The molecule has 2 rings (SSSR count). The highest BCUT2D eigenvalue weighted by atomic mass is 16.5. The number of anilines is 1. The molecule has 5 N–H and O–H groups in total. The van der Waals surface area contributed by atoms with Crippen molar-refractivity contribution < 1.29 is 4.74 Å². The summed E-state index contributed by atoms with van der Waals surface area (Å²) >= 11 is 0. The van der Waals surface area contributed by atoms with Crippen molar-refractivity contribution in [3.63, 3.8) is 0 Å². The largest absolute Gasteiger partial charge is 0.480 e. The van der Waals surface area contributed by atoms with Crippen LogP contribution in [0, 0.1) is 0 Å². The lowest BCUT2D eigenvalue weighted by Gasteiger charge is -2.16. The van der Waals surface area contributed by atoms with Gasteiger partial charge in [0.1, 0.15) is 0 Å². The summed E-state index contributed by atoms with van der Waals surface area (Å²) in [4.78, 5) is 4.03. The third kappa shape index (κ3) is 2.36. The van der Waals surface area contributed by atoms with Gasteiger partial charge in [0.2, 0.25) is 5.88 Å². The van der Waals surface area contributed by atoms with Crippen LogP contribution in [0.25, 0.3) is 0 Å². The molecule has 0 radical (unpaired) electrons. The smallest absolute Gasteiger partial charge is 0.233 e. The Morgan fingerprint density at radius 1 is 1.28 bits per heavy atom.